The fraction of sp³-hybridized carbons (Fsp3) is 0.267. The van der Waals surface area contributed by atoms with Crippen LogP contribution in [0, 0.1) is 0 Å². The van der Waals surface area contributed by atoms with E-state index in [0.29, 0.717) is 12.0 Å². The molecule has 0 spiro atoms. The van der Waals surface area contributed by atoms with Crippen LogP contribution in [0.2, 0.25) is 0 Å². The van der Waals surface area contributed by atoms with Crippen molar-refractivity contribution in [2.24, 2.45) is 0 Å². The van der Waals surface area contributed by atoms with Gasteiger partial charge in [0.15, 0.2) is 0 Å². The zero-order valence-corrected chi connectivity index (χ0v) is 10.3. The first kappa shape index (κ1) is 11.2. The Balaban J connectivity index is 1.53. The summed E-state index contributed by atoms with van der Waals surface area (Å²) >= 11 is 0. The van der Waals surface area contributed by atoms with Gasteiger partial charge in [0, 0.05) is 36.5 Å². The number of nitrogens with one attached hydrogen (secondary N) is 1. The van der Waals surface area contributed by atoms with Gasteiger partial charge in [-0.1, -0.05) is 36.9 Å². The first-order valence-corrected chi connectivity index (χ1v) is 6.31. The van der Waals surface area contributed by atoms with Crippen LogP contribution < -0.4 is 5.32 Å². The van der Waals surface area contributed by atoms with Crippen LogP contribution in [0.3, 0.4) is 0 Å². The average Bonchev–Trinajstić information content (AvgIpc) is 3.06. The molecule has 18 heavy (non-hydrogen) atoms. The van der Waals surface area contributed by atoms with Crippen LogP contribution in [0.1, 0.15) is 23.5 Å². The fourth-order valence-corrected chi connectivity index (χ4v) is 2.31. The third-order valence-electron chi connectivity index (χ3n) is 3.43. The minimum absolute atomic E-state index is 0.611. The number of nitrogens with zero attached hydrogens (tertiary/aromatic N) is 2. The lowest BCUT2D eigenvalue weighted by molar-refractivity contribution is 0.672. The Bertz CT molecular complexity index is 530. The van der Waals surface area contributed by atoms with Crippen molar-refractivity contribution in [1.29, 1.82) is 0 Å². The van der Waals surface area contributed by atoms with Crippen LogP contribution in [0.15, 0.2) is 49.3 Å². The molecule has 2 unspecified atom stereocenters. The topological polar surface area (TPSA) is 29.9 Å². The highest BCUT2D eigenvalue weighted by Gasteiger charge is 2.37. The summed E-state index contributed by atoms with van der Waals surface area (Å²) in [6.07, 6.45) is 6.82. The highest BCUT2D eigenvalue weighted by Crippen LogP contribution is 2.40. The van der Waals surface area contributed by atoms with E-state index in [4.69, 9.17) is 0 Å². The first-order valence-electron chi connectivity index (χ1n) is 6.31. The lowest BCUT2D eigenvalue weighted by Crippen LogP contribution is -2.16. The molecule has 2 atom stereocenters. The van der Waals surface area contributed by atoms with Crippen molar-refractivity contribution >= 4 is 6.20 Å². The van der Waals surface area contributed by atoms with Crippen LogP contribution in [0.25, 0.3) is 6.20 Å². The summed E-state index contributed by atoms with van der Waals surface area (Å²) in [5.41, 5.74) is 2.64. The van der Waals surface area contributed by atoms with Crippen LogP contribution in [0.5, 0.6) is 0 Å². The molecule has 3 rings (SSSR count). The van der Waals surface area contributed by atoms with Gasteiger partial charge in [0.2, 0.25) is 0 Å². The van der Waals surface area contributed by atoms with Gasteiger partial charge < -0.3 is 5.32 Å². The maximum Gasteiger partial charge on any atom is 0.0538 e. The summed E-state index contributed by atoms with van der Waals surface area (Å²) in [4.78, 5) is 0. The Morgan fingerprint density at radius 3 is 2.94 bits per heavy atom. The van der Waals surface area contributed by atoms with Crippen LogP contribution in [-0.2, 0) is 6.54 Å². The second-order valence-corrected chi connectivity index (χ2v) is 4.75. The molecule has 0 bridgehead atoms. The summed E-state index contributed by atoms with van der Waals surface area (Å²) in [7, 11) is 0. The molecule has 0 radical (unpaired) electrons. The molecule has 1 N–H and O–H groups in total. The van der Waals surface area contributed by atoms with Crippen molar-refractivity contribution in [3.8, 4) is 0 Å². The lowest BCUT2D eigenvalue weighted by Gasteiger charge is -2.02. The van der Waals surface area contributed by atoms with Gasteiger partial charge in [-0.15, -0.1) is 0 Å². The molecule has 0 saturated heterocycles. The maximum atomic E-state index is 4.17. The number of hydrogen-bond donors (Lipinski definition) is 1. The second-order valence-electron chi connectivity index (χ2n) is 4.75. The predicted molar refractivity (Wildman–Crippen MR) is 73.0 cm³/mol. The van der Waals surface area contributed by atoms with Crippen molar-refractivity contribution in [2.75, 3.05) is 0 Å². The van der Waals surface area contributed by atoms with E-state index in [1.54, 1.807) is 10.9 Å². The van der Waals surface area contributed by atoms with E-state index in [2.05, 4.69) is 47.3 Å². The van der Waals surface area contributed by atoms with Gasteiger partial charge in [0.1, 0.15) is 0 Å². The highest BCUT2D eigenvalue weighted by molar-refractivity contribution is 5.28. The third kappa shape index (κ3) is 2.36. The molecule has 1 heterocycles. The van der Waals surface area contributed by atoms with Crippen molar-refractivity contribution in [3.63, 3.8) is 0 Å². The molecule has 1 saturated carbocycles. The van der Waals surface area contributed by atoms with Crippen LogP contribution >= 0.6 is 0 Å². The monoisotopic (exact) mass is 239 g/mol. The van der Waals surface area contributed by atoms with Gasteiger partial charge in [-0.3, -0.25) is 0 Å². The number of hydrogen-bond acceptors (Lipinski definition) is 2. The van der Waals surface area contributed by atoms with Gasteiger partial charge in [-0.05, 0) is 12.0 Å². The normalized spacial score (nSPS) is 21.8. The van der Waals surface area contributed by atoms with Crippen LogP contribution in [0.4, 0.5) is 0 Å². The van der Waals surface area contributed by atoms with Gasteiger partial charge in [0.25, 0.3) is 0 Å². The Morgan fingerprint density at radius 1 is 1.39 bits per heavy atom. The third-order valence-corrected chi connectivity index (χ3v) is 3.43. The van der Waals surface area contributed by atoms with Crippen molar-refractivity contribution in [3.05, 3.63) is 60.4 Å². The Labute approximate surface area is 107 Å². The average molecular weight is 239 g/mol. The molecule has 1 aliphatic carbocycles. The molecule has 1 aliphatic rings. The Kier molecular flexibility index (Phi) is 2.99. The van der Waals surface area contributed by atoms with Gasteiger partial charge in [0.05, 0.1) is 6.20 Å². The smallest absolute Gasteiger partial charge is 0.0538 e. The van der Waals surface area contributed by atoms with Gasteiger partial charge >= 0.3 is 0 Å². The predicted octanol–water partition coefficient (Wildman–Crippen LogP) is 2.63. The van der Waals surface area contributed by atoms with E-state index >= 15 is 0 Å². The molecule has 1 fully saturated rings. The number of aromatic nitrogens is 2. The molecular weight excluding hydrogens is 222 g/mol. The van der Waals surface area contributed by atoms with E-state index in [1.807, 2.05) is 12.4 Å². The number of rotatable bonds is 5. The van der Waals surface area contributed by atoms with E-state index in [-0.39, 0.29) is 0 Å². The summed E-state index contributed by atoms with van der Waals surface area (Å²) in [5.74, 6) is 0.681. The summed E-state index contributed by atoms with van der Waals surface area (Å²) in [6, 6.07) is 11.3. The largest absolute Gasteiger partial charge is 0.309 e. The standard InChI is InChI=1S/C15H17N3/c1-2-18-11-12(10-17-18)9-16-15-8-14(15)13-6-4-3-5-7-13/h2-7,10-11,14-16H,1,8-9H2. The van der Waals surface area contributed by atoms with Crippen molar-refractivity contribution < 1.29 is 0 Å². The zero-order chi connectivity index (χ0) is 12.4. The molecular formula is C15H17N3. The summed E-state index contributed by atoms with van der Waals surface area (Å²) in [5, 5.41) is 7.74. The van der Waals surface area contributed by atoms with E-state index in [1.165, 1.54) is 17.5 Å². The Morgan fingerprint density at radius 2 is 2.22 bits per heavy atom. The summed E-state index contributed by atoms with van der Waals surface area (Å²) < 4.78 is 1.73. The molecule has 92 valence electrons. The zero-order valence-electron chi connectivity index (χ0n) is 10.3. The maximum absolute atomic E-state index is 4.17. The second kappa shape index (κ2) is 4.78. The quantitative estimate of drug-likeness (QED) is 0.869. The molecule has 1 aromatic heterocycles. The van der Waals surface area contributed by atoms with E-state index < -0.39 is 0 Å². The molecule has 0 aliphatic heterocycles. The van der Waals surface area contributed by atoms with Crippen LogP contribution in [-0.4, -0.2) is 15.8 Å². The highest BCUT2D eigenvalue weighted by atomic mass is 15.2. The Hall–Kier alpha value is -1.87. The molecule has 1 aromatic carbocycles. The van der Waals surface area contributed by atoms with Crippen molar-refractivity contribution in [2.45, 2.75) is 24.9 Å². The molecule has 3 nitrogen and oxygen atoms in total. The van der Waals surface area contributed by atoms with E-state index in [9.17, 15) is 0 Å². The molecule has 0 amide bonds. The SMILES string of the molecule is C=Cn1cc(CNC2CC2c2ccccc2)cn1. The summed E-state index contributed by atoms with van der Waals surface area (Å²) in [6.45, 7) is 4.56. The minimum atomic E-state index is 0.611. The van der Waals surface area contributed by atoms with Gasteiger partial charge in [-0.25, -0.2) is 4.68 Å². The van der Waals surface area contributed by atoms with Crippen molar-refractivity contribution in [1.82, 2.24) is 15.1 Å². The van der Waals surface area contributed by atoms with E-state index in [0.717, 1.165) is 6.54 Å². The van der Waals surface area contributed by atoms with Gasteiger partial charge in [-0.2, -0.15) is 5.10 Å². The lowest BCUT2D eigenvalue weighted by atomic mass is 10.1. The molecule has 2 aromatic rings. The fourth-order valence-electron chi connectivity index (χ4n) is 2.31. The number of benzene rings is 1. The first-order chi connectivity index (χ1) is 8.86. The minimum Gasteiger partial charge on any atom is -0.309 e. The molecule has 3 heteroatoms.